The lowest BCUT2D eigenvalue weighted by Gasteiger charge is -2.10. The quantitative estimate of drug-likeness (QED) is 0.376. The van der Waals surface area contributed by atoms with E-state index in [4.69, 9.17) is 10.8 Å². The highest BCUT2D eigenvalue weighted by Crippen LogP contribution is 2.12. The summed E-state index contributed by atoms with van der Waals surface area (Å²) in [6.45, 7) is 10.2. The fraction of sp³-hybridized carbons (Fsp3) is 0.615. The molecule has 0 amide bonds. The van der Waals surface area contributed by atoms with E-state index in [0.29, 0.717) is 11.0 Å². The Morgan fingerprint density at radius 1 is 0.533 bits per heavy atom. The summed E-state index contributed by atoms with van der Waals surface area (Å²) in [6, 6.07) is 4.25. The van der Waals surface area contributed by atoms with E-state index in [2.05, 4.69) is 47.5 Å². The fourth-order valence-corrected chi connectivity index (χ4v) is 3.96. The molecule has 0 saturated carbocycles. The molecule has 0 saturated heterocycles. The Hall–Kier alpha value is -2.10. The van der Waals surface area contributed by atoms with Gasteiger partial charge in [-0.25, -0.2) is 0 Å². The molecule has 0 spiro atoms. The first-order chi connectivity index (χ1) is 14.4. The molecule has 2 N–H and O–H groups in total. The summed E-state index contributed by atoms with van der Waals surface area (Å²) < 4.78 is 4.17. The van der Waals surface area contributed by atoms with Crippen LogP contribution in [0.4, 0.5) is 0 Å². The van der Waals surface area contributed by atoms with Crippen LogP contribution < -0.4 is 11.0 Å². The van der Waals surface area contributed by atoms with Crippen LogP contribution in [0.1, 0.15) is 86.5 Å². The van der Waals surface area contributed by atoms with Crippen LogP contribution >= 0.6 is 0 Å². The zero-order valence-corrected chi connectivity index (χ0v) is 19.7. The second-order valence-electron chi connectivity index (χ2n) is 8.87. The van der Waals surface area contributed by atoms with Gasteiger partial charge in [0.05, 0.1) is 0 Å². The average Bonchev–Trinajstić information content (AvgIpc) is 2.74. The SMILES string of the molecule is Cc1ccn(CCCCCCCCCCCCn2ccc(C)c(C)c2=N)c(=N)c1C. The number of rotatable bonds is 13. The molecule has 0 aliphatic carbocycles. The highest BCUT2D eigenvalue weighted by molar-refractivity contribution is 5.20. The zero-order chi connectivity index (χ0) is 21.9. The second kappa shape index (κ2) is 12.6. The number of hydrogen-bond donors (Lipinski definition) is 2. The summed E-state index contributed by atoms with van der Waals surface area (Å²) >= 11 is 0. The maximum atomic E-state index is 8.21. The lowest BCUT2D eigenvalue weighted by atomic mass is 10.1. The van der Waals surface area contributed by atoms with Crippen molar-refractivity contribution in [3.05, 3.63) is 57.8 Å². The second-order valence-corrected chi connectivity index (χ2v) is 8.87. The van der Waals surface area contributed by atoms with Gasteiger partial charge in [0.2, 0.25) is 0 Å². The molecule has 0 bridgehead atoms. The van der Waals surface area contributed by atoms with Crippen LogP contribution in [0.5, 0.6) is 0 Å². The number of aromatic nitrogens is 2. The molecule has 0 aliphatic rings. The molecule has 0 fully saturated rings. The van der Waals surface area contributed by atoms with Gasteiger partial charge in [-0.15, -0.1) is 0 Å². The van der Waals surface area contributed by atoms with Crippen LogP contribution in [0.3, 0.4) is 0 Å². The smallest absolute Gasteiger partial charge is 0.127 e. The summed E-state index contributed by atoms with van der Waals surface area (Å²) in [4.78, 5) is 0. The number of pyridine rings is 2. The van der Waals surface area contributed by atoms with Crippen LogP contribution in [-0.2, 0) is 13.1 Å². The summed E-state index contributed by atoms with van der Waals surface area (Å²) in [5.74, 6) is 0. The Morgan fingerprint density at radius 3 is 1.17 bits per heavy atom. The van der Waals surface area contributed by atoms with Gasteiger partial charge < -0.3 is 9.13 Å². The first-order valence-corrected chi connectivity index (χ1v) is 11.8. The third kappa shape index (κ3) is 7.30. The van der Waals surface area contributed by atoms with Gasteiger partial charge in [0.15, 0.2) is 0 Å². The van der Waals surface area contributed by atoms with Crippen molar-refractivity contribution in [2.24, 2.45) is 0 Å². The molecule has 0 aliphatic heterocycles. The van der Waals surface area contributed by atoms with Gasteiger partial charge in [-0.3, -0.25) is 10.8 Å². The van der Waals surface area contributed by atoms with Gasteiger partial charge in [-0.05, 0) is 74.9 Å². The zero-order valence-electron chi connectivity index (χ0n) is 19.7. The van der Waals surface area contributed by atoms with E-state index >= 15 is 0 Å². The van der Waals surface area contributed by atoms with Crippen molar-refractivity contribution >= 4 is 0 Å². The van der Waals surface area contributed by atoms with Gasteiger partial charge in [-0.1, -0.05) is 51.4 Å². The molecule has 2 heterocycles. The molecule has 0 atom stereocenters. The van der Waals surface area contributed by atoms with E-state index in [-0.39, 0.29) is 0 Å². The monoisotopic (exact) mass is 410 g/mol. The van der Waals surface area contributed by atoms with Crippen molar-refractivity contribution in [3.63, 3.8) is 0 Å². The standard InChI is InChI=1S/C26H42N4/c1-21-15-19-29(25(27)23(21)3)17-13-11-9-7-5-6-8-10-12-14-18-30-20-16-22(2)24(4)26(30)28/h15-16,19-20,27-28H,5-14,17-18H2,1-4H3. The number of nitrogens with one attached hydrogen (secondary N) is 2. The third-order valence-electron chi connectivity index (χ3n) is 6.52. The minimum absolute atomic E-state index is 0.671. The van der Waals surface area contributed by atoms with Crippen molar-refractivity contribution in [2.45, 2.75) is 105 Å². The first-order valence-electron chi connectivity index (χ1n) is 11.8. The van der Waals surface area contributed by atoms with Gasteiger partial charge in [0.1, 0.15) is 11.0 Å². The summed E-state index contributed by atoms with van der Waals surface area (Å²) in [5.41, 5.74) is 5.97. The maximum Gasteiger partial charge on any atom is 0.127 e. The molecular weight excluding hydrogens is 368 g/mol. The van der Waals surface area contributed by atoms with Gasteiger partial charge in [-0.2, -0.15) is 0 Å². The van der Waals surface area contributed by atoms with Crippen LogP contribution in [0, 0.1) is 38.5 Å². The Labute approximate surface area is 183 Å². The van der Waals surface area contributed by atoms with Crippen molar-refractivity contribution in [2.75, 3.05) is 0 Å². The summed E-state index contributed by atoms with van der Waals surface area (Å²) in [7, 11) is 0. The predicted molar refractivity (Wildman–Crippen MR) is 126 cm³/mol. The fourth-order valence-electron chi connectivity index (χ4n) is 3.96. The number of nitrogens with zero attached hydrogens (tertiary/aromatic N) is 2. The van der Waals surface area contributed by atoms with Crippen molar-refractivity contribution < 1.29 is 0 Å². The normalized spacial score (nSPS) is 11.2. The number of aryl methyl sites for hydroxylation is 4. The molecule has 30 heavy (non-hydrogen) atoms. The van der Waals surface area contributed by atoms with Gasteiger partial charge in [0.25, 0.3) is 0 Å². The Morgan fingerprint density at radius 2 is 0.833 bits per heavy atom. The van der Waals surface area contributed by atoms with Crippen molar-refractivity contribution in [3.8, 4) is 0 Å². The largest absolute Gasteiger partial charge is 0.333 e. The van der Waals surface area contributed by atoms with E-state index in [1.807, 2.05) is 13.8 Å². The Kier molecular flexibility index (Phi) is 10.1. The highest BCUT2D eigenvalue weighted by atomic mass is 15.0. The molecule has 2 rings (SSSR count). The van der Waals surface area contributed by atoms with Crippen molar-refractivity contribution in [1.82, 2.24) is 9.13 Å². The molecule has 0 aromatic carbocycles. The molecule has 4 nitrogen and oxygen atoms in total. The van der Waals surface area contributed by atoms with Crippen LogP contribution in [-0.4, -0.2) is 9.13 Å². The van der Waals surface area contributed by atoms with E-state index in [9.17, 15) is 0 Å². The molecular formula is C26H42N4. The predicted octanol–water partition coefficient (Wildman–Crippen LogP) is 6.08. The minimum Gasteiger partial charge on any atom is -0.333 e. The van der Waals surface area contributed by atoms with Crippen LogP contribution in [0.15, 0.2) is 24.5 Å². The van der Waals surface area contributed by atoms with Crippen LogP contribution in [0.2, 0.25) is 0 Å². The maximum absolute atomic E-state index is 8.21. The molecule has 0 unspecified atom stereocenters. The molecule has 2 aromatic heterocycles. The summed E-state index contributed by atoms with van der Waals surface area (Å²) in [5, 5.41) is 16.4. The number of hydrogen-bond acceptors (Lipinski definition) is 2. The van der Waals surface area contributed by atoms with Crippen LogP contribution in [0.25, 0.3) is 0 Å². The van der Waals surface area contributed by atoms with E-state index in [0.717, 1.165) is 24.2 Å². The lowest BCUT2D eigenvalue weighted by Crippen LogP contribution is -2.22. The average molecular weight is 411 g/mol. The third-order valence-corrected chi connectivity index (χ3v) is 6.52. The topological polar surface area (TPSA) is 57.6 Å². The number of unbranched alkanes of at least 4 members (excludes halogenated alkanes) is 9. The summed E-state index contributed by atoms with van der Waals surface area (Å²) in [6.07, 6.45) is 17.0. The molecule has 166 valence electrons. The Bertz CT molecular complexity index is 829. The lowest BCUT2D eigenvalue weighted by molar-refractivity contribution is 0.512. The van der Waals surface area contributed by atoms with Gasteiger partial charge in [0, 0.05) is 25.5 Å². The molecule has 0 radical (unpaired) electrons. The minimum atomic E-state index is 0.671. The first kappa shape index (κ1) is 24.2. The molecule has 4 heteroatoms. The van der Waals surface area contributed by atoms with E-state index in [1.54, 1.807) is 0 Å². The highest BCUT2D eigenvalue weighted by Gasteiger charge is 2.01. The van der Waals surface area contributed by atoms with Gasteiger partial charge >= 0.3 is 0 Å². The Balaban J connectivity index is 1.46. The molecule has 2 aromatic rings. The van der Waals surface area contributed by atoms with Crippen molar-refractivity contribution in [1.29, 1.82) is 10.8 Å². The van der Waals surface area contributed by atoms with E-state index < -0.39 is 0 Å². The van der Waals surface area contributed by atoms with E-state index in [1.165, 1.54) is 75.3 Å².